The summed E-state index contributed by atoms with van der Waals surface area (Å²) in [6, 6.07) is 3.83. The van der Waals surface area contributed by atoms with Crippen molar-refractivity contribution < 1.29 is 9.31 Å². The molecule has 7 heteroatoms. The first-order valence-electron chi connectivity index (χ1n) is 5.03. The summed E-state index contributed by atoms with van der Waals surface area (Å²) in [5.74, 6) is -0.566. The number of hydrogen-bond acceptors (Lipinski definition) is 4. The SMILES string of the molecule is Cl.N[C@@H]1CCN(c2c(F)cccc2[N+](=O)[O-])C1. The molecule has 2 N–H and O–H groups in total. The Hall–Kier alpha value is -1.40. The van der Waals surface area contributed by atoms with Gasteiger partial charge in [0.15, 0.2) is 11.5 Å². The predicted octanol–water partition coefficient (Wildman–Crippen LogP) is 1.69. The lowest BCUT2D eigenvalue weighted by Crippen LogP contribution is -2.27. The van der Waals surface area contributed by atoms with Crippen molar-refractivity contribution in [2.45, 2.75) is 12.5 Å². The van der Waals surface area contributed by atoms with Crippen LogP contribution in [0.3, 0.4) is 0 Å². The second-order valence-corrected chi connectivity index (χ2v) is 3.86. The van der Waals surface area contributed by atoms with Crippen LogP contribution in [0.4, 0.5) is 15.8 Å². The zero-order valence-electron chi connectivity index (χ0n) is 9.01. The van der Waals surface area contributed by atoms with Crippen LogP contribution in [0, 0.1) is 15.9 Å². The number of nitrogens with two attached hydrogens (primary N) is 1. The molecule has 0 spiro atoms. The van der Waals surface area contributed by atoms with Crippen molar-refractivity contribution in [2.24, 2.45) is 5.73 Å². The number of nitrogens with zero attached hydrogens (tertiary/aromatic N) is 2. The zero-order valence-corrected chi connectivity index (χ0v) is 9.82. The fraction of sp³-hybridized carbons (Fsp3) is 0.400. The number of para-hydroxylation sites is 1. The Morgan fingerprint density at radius 1 is 1.53 bits per heavy atom. The van der Waals surface area contributed by atoms with Gasteiger partial charge in [0.25, 0.3) is 5.69 Å². The molecule has 0 unspecified atom stereocenters. The molecule has 1 aromatic carbocycles. The Kier molecular flexibility index (Phi) is 4.25. The Bertz CT molecular complexity index is 430. The maximum atomic E-state index is 13.6. The van der Waals surface area contributed by atoms with E-state index in [1.54, 1.807) is 4.90 Å². The third-order valence-corrected chi connectivity index (χ3v) is 2.70. The normalized spacial score (nSPS) is 18.9. The summed E-state index contributed by atoms with van der Waals surface area (Å²) in [5, 5.41) is 10.8. The topological polar surface area (TPSA) is 72.4 Å². The van der Waals surface area contributed by atoms with Gasteiger partial charge in [-0.25, -0.2) is 4.39 Å². The Morgan fingerprint density at radius 2 is 2.24 bits per heavy atom. The number of nitro groups is 1. The van der Waals surface area contributed by atoms with Gasteiger partial charge in [-0.1, -0.05) is 6.07 Å². The summed E-state index contributed by atoms with van der Waals surface area (Å²) in [4.78, 5) is 11.9. The highest BCUT2D eigenvalue weighted by molar-refractivity contribution is 5.85. The van der Waals surface area contributed by atoms with E-state index in [4.69, 9.17) is 5.73 Å². The van der Waals surface area contributed by atoms with Crippen molar-refractivity contribution in [1.82, 2.24) is 0 Å². The molecule has 0 radical (unpaired) electrons. The summed E-state index contributed by atoms with van der Waals surface area (Å²) in [6.45, 7) is 1.02. The number of hydrogen-bond donors (Lipinski definition) is 1. The summed E-state index contributed by atoms with van der Waals surface area (Å²) < 4.78 is 13.6. The summed E-state index contributed by atoms with van der Waals surface area (Å²) in [6.07, 6.45) is 0.728. The lowest BCUT2D eigenvalue weighted by molar-refractivity contribution is -0.384. The van der Waals surface area contributed by atoms with Crippen LogP contribution in [0.2, 0.25) is 0 Å². The highest BCUT2D eigenvalue weighted by Crippen LogP contribution is 2.32. The van der Waals surface area contributed by atoms with Crippen molar-refractivity contribution in [3.8, 4) is 0 Å². The molecule has 94 valence electrons. The third-order valence-electron chi connectivity index (χ3n) is 2.70. The minimum Gasteiger partial charge on any atom is -0.362 e. The van der Waals surface area contributed by atoms with Gasteiger partial charge in [-0.05, 0) is 12.5 Å². The summed E-state index contributed by atoms with van der Waals surface area (Å²) >= 11 is 0. The second-order valence-electron chi connectivity index (χ2n) is 3.86. The highest BCUT2D eigenvalue weighted by atomic mass is 35.5. The number of benzene rings is 1. The van der Waals surface area contributed by atoms with Gasteiger partial charge in [-0.15, -0.1) is 12.4 Å². The van der Waals surface area contributed by atoms with Crippen LogP contribution in [0.1, 0.15) is 6.42 Å². The van der Waals surface area contributed by atoms with E-state index >= 15 is 0 Å². The largest absolute Gasteiger partial charge is 0.362 e. The highest BCUT2D eigenvalue weighted by Gasteiger charge is 2.28. The molecule has 1 aliphatic rings. The molecule has 1 atom stereocenters. The van der Waals surface area contributed by atoms with Crippen molar-refractivity contribution in [3.05, 3.63) is 34.1 Å². The smallest absolute Gasteiger partial charge is 0.295 e. The predicted molar refractivity (Wildman–Crippen MR) is 65.1 cm³/mol. The van der Waals surface area contributed by atoms with Gasteiger partial charge in [0, 0.05) is 25.2 Å². The fourth-order valence-corrected chi connectivity index (χ4v) is 1.95. The van der Waals surface area contributed by atoms with Crippen LogP contribution < -0.4 is 10.6 Å². The third kappa shape index (κ3) is 2.65. The molecule has 1 fully saturated rings. The minimum absolute atomic E-state index is 0. The Balaban J connectivity index is 0.00000144. The lowest BCUT2D eigenvalue weighted by Gasteiger charge is -2.18. The molecule has 0 aromatic heterocycles. The maximum Gasteiger partial charge on any atom is 0.295 e. The molecule has 0 saturated carbocycles. The molecule has 2 rings (SSSR count). The molecular formula is C10H13ClFN3O2. The summed E-state index contributed by atoms with van der Waals surface area (Å²) in [5.41, 5.74) is 5.56. The first-order valence-corrected chi connectivity index (χ1v) is 5.03. The van der Waals surface area contributed by atoms with E-state index in [9.17, 15) is 14.5 Å². The van der Waals surface area contributed by atoms with Gasteiger partial charge in [-0.2, -0.15) is 0 Å². The standard InChI is InChI=1S/C10H12FN3O2.ClH/c11-8-2-1-3-9(14(15)16)10(8)13-5-4-7(12)6-13;/h1-3,7H,4-6,12H2;1H/t7-;/m1./s1. The van der Waals surface area contributed by atoms with Crippen molar-refractivity contribution in [2.75, 3.05) is 18.0 Å². The van der Waals surface area contributed by atoms with Gasteiger partial charge in [-0.3, -0.25) is 10.1 Å². The average Bonchev–Trinajstić information content (AvgIpc) is 2.64. The number of anilines is 1. The lowest BCUT2D eigenvalue weighted by atomic mass is 10.2. The van der Waals surface area contributed by atoms with Crippen LogP contribution in [-0.4, -0.2) is 24.1 Å². The first kappa shape index (κ1) is 13.7. The molecular weight excluding hydrogens is 249 g/mol. The Morgan fingerprint density at radius 3 is 2.76 bits per heavy atom. The van der Waals surface area contributed by atoms with Crippen molar-refractivity contribution >= 4 is 23.8 Å². The quantitative estimate of drug-likeness (QED) is 0.650. The van der Waals surface area contributed by atoms with Crippen LogP contribution in [0.25, 0.3) is 0 Å². The van der Waals surface area contributed by atoms with Gasteiger partial charge >= 0.3 is 0 Å². The van der Waals surface area contributed by atoms with E-state index in [0.717, 1.165) is 6.42 Å². The number of halogens is 2. The minimum atomic E-state index is -0.567. The number of rotatable bonds is 2. The molecule has 1 heterocycles. The van der Waals surface area contributed by atoms with E-state index in [0.29, 0.717) is 13.1 Å². The van der Waals surface area contributed by atoms with E-state index in [-0.39, 0.29) is 29.8 Å². The summed E-state index contributed by atoms with van der Waals surface area (Å²) in [7, 11) is 0. The average molecular weight is 262 g/mol. The van der Waals surface area contributed by atoms with Crippen molar-refractivity contribution in [1.29, 1.82) is 0 Å². The zero-order chi connectivity index (χ0) is 11.7. The fourth-order valence-electron chi connectivity index (χ4n) is 1.95. The van der Waals surface area contributed by atoms with Crippen LogP contribution >= 0.6 is 12.4 Å². The molecule has 5 nitrogen and oxygen atoms in total. The maximum absolute atomic E-state index is 13.6. The molecule has 0 amide bonds. The Labute approximate surface area is 104 Å². The first-order chi connectivity index (χ1) is 7.59. The monoisotopic (exact) mass is 261 g/mol. The van der Waals surface area contributed by atoms with Gasteiger partial charge < -0.3 is 10.6 Å². The van der Waals surface area contributed by atoms with E-state index < -0.39 is 10.7 Å². The second kappa shape index (κ2) is 5.29. The number of nitro benzene ring substituents is 1. The van der Waals surface area contributed by atoms with Crippen molar-refractivity contribution in [3.63, 3.8) is 0 Å². The molecule has 17 heavy (non-hydrogen) atoms. The molecule has 1 aliphatic heterocycles. The van der Waals surface area contributed by atoms with E-state index in [2.05, 4.69) is 0 Å². The van der Waals surface area contributed by atoms with Gasteiger partial charge in [0.1, 0.15) is 0 Å². The van der Waals surface area contributed by atoms with Crippen LogP contribution in [0.15, 0.2) is 18.2 Å². The van der Waals surface area contributed by atoms with Gasteiger partial charge in [0.2, 0.25) is 0 Å². The van der Waals surface area contributed by atoms with Crippen LogP contribution in [0.5, 0.6) is 0 Å². The molecule has 1 aromatic rings. The molecule has 1 saturated heterocycles. The van der Waals surface area contributed by atoms with E-state index in [1.807, 2.05) is 0 Å². The molecule has 0 aliphatic carbocycles. The molecule has 0 bridgehead atoms. The van der Waals surface area contributed by atoms with Gasteiger partial charge in [0.05, 0.1) is 4.92 Å². The van der Waals surface area contributed by atoms with E-state index in [1.165, 1.54) is 18.2 Å². The van der Waals surface area contributed by atoms with Crippen LogP contribution in [-0.2, 0) is 0 Å².